The third-order valence-corrected chi connectivity index (χ3v) is 5.07. The van der Waals surface area contributed by atoms with Crippen LogP contribution in [0.25, 0.3) is 0 Å². The fraction of sp³-hybridized carbons (Fsp3) is 0.200. The van der Waals surface area contributed by atoms with E-state index in [0.29, 0.717) is 29.9 Å². The number of ketones is 2. The molecule has 0 unspecified atom stereocenters. The molecule has 2 aromatic rings. The number of anilines is 1. The minimum absolute atomic E-state index is 0.0682. The monoisotopic (exact) mass is 352 g/mol. The summed E-state index contributed by atoms with van der Waals surface area (Å²) in [6, 6.07) is 14.8. The van der Waals surface area contributed by atoms with E-state index in [-0.39, 0.29) is 11.6 Å². The fourth-order valence-corrected chi connectivity index (χ4v) is 3.69. The number of Topliss-reactive ketones (excluding diaryl/α,β-unsaturated/α-hetero) is 1. The number of halogens is 1. The van der Waals surface area contributed by atoms with Gasteiger partial charge in [0.05, 0.1) is 16.4 Å². The van der Waals surface area contributed by atoms with Crippen LogP contribution in [0.2, 0.25) is 5.02 Å². The van der Waals surface area contributed by atoms with E-state index in [1.165, 1.54) is 6.08 Å². The molecule has 1 aliphatic carbocycles. The highest BCUT2D eigenvalue weighted by atomic mass is 35.5. The maximum absolute atomic E-state index is 12.8. The number of nitrogens with zero attached hydrogens (tertiary/aromatic N) is 2. The molecule has 1 saturated heterocycles. The van der Waals surface area contributed by atoms with Crippen LogP contribution in [-0.4, -0.2) is 42.6 Å². The Hall–Kier alpha value is -2.59. The summed E-state index contributed by atoms with van der Waals surface area (Å²) in [6.45, 7) is 2.87. The van der Waals surface area contributed by atoms with Crippen molar-refractivity contribution in [2.75, 3.05) is 31.1 Å². The van der Waals surface area contributed by atoms with Crippen molar-refractivity contribution in [1.82, 2.24) is 4.90 Å². The third-order valence-electron chi connectivity index (χ3n) is 4.75. The van der Waals surface area contributed by atoms with Gasteiger partial charge in [-0.25, -0.2) is 0 Å². The van der Waals surface area contributed by atoms with E-state index in [1.54, 1.807) is 24.3 Å². The lowest BCUT2D eigenvalue weighted by molar-refractivity contribution is 0.0948. The van der Waals surface area contributed by atoms with Crippen molar-refractivity contribution in [3.05, 3.63) is 76.5 Å². The first-order valence-electron chi connectivity index (χ1n) is 8.29. The minimum Gasteiger partial charge on any atom is -0.367 e. The van der Waals surface area contributed by atoms with Crippen LogP contribution < -0.4 is 4.90 Å². The van der Waals surface area contributed by atoms with E-state index in [9.17, 15) is 9.59 Å². The summed E-state index contributed by atoms with van der Waals surface area (Å²) in [7, 11) is 0. The van der Waals surface area contributed by atoms with Gasteiger partial charge in [-0.05, 0) is 12.1 Å². The molecule has 0 amide bonds. The predicted molar refractivity (Wildman–Crippen MR) is 98.4 cm³/mol. The summed E-state index contributed by atoms with van der Waals surface area (Å²) < 4.78 is 0. The zero-order valence-electron chi connectivity index (χ0n) is 13.6. The lowest BCUT2D eigenvalue weighted by Gasteiger charge is -2.38. The molecule has 0 atom stereocenters. The van der Waals surface area contributed by atoms with Gasteiger partial charge in [-0.1, -0.05) is 48.0 Å². The molecule has 5 heteroatoms. The zero-order chi connectivity index (χ0) is 17.4. The molecule has 2 aliphatic rings. The number of para-hydroxylation sites is 1. The summed E-state index contributed by atoms with van der Waals surface area (Å²) in [4.78, 5) is 29.3. The Morgan fingerprint density at radius 1 is 0.760 bits per heavy atom. The molecule has 0 aromatic heterocycles. The molecule has 0 N–H and O–H groups in total. The van der Waals surface area contributed by atoms with E-state index in [0.717, 1.165) is 23.8 Å². The number of rotatable bonds is 2. The summed E-state index contributed by atoms with van der Waals surface area (Å²) in [5.41, 5.74) is 2.50. The number of carbonyl (C=O) groups excluding carboxylic acids is 2. The first-order valence-corrected chi connectivity index (χ1v) is 8.67. The lowest BCUT2D eigenvalue weighted by Crippen LogP contribution is -2.47. The van der Waals surface area contributed by atoms with Crippen LogP contribution in [0.15, 0.2) is 60.3 Å². The van der Waals surface area contributed by atoms with Crippen LogP contribution in [0.5, 0.6) is 0 Å². The molecule has 0 spiro atoms. The molecule has 1 heterocycles. The van der Waals surface area contributed by atoms with Crippen LogP contribution in [0.1, 0.15) is 20.7 Å². The Morgan fingerprint density at radius 2 is 1.36 bits per heavy atom. The molecule has 1 fully saturated rings. The molecule has 2 aromatic carbocycles. The van der Waals surface area contributed by atoms with Gasteiger partial charge in [0.15, 0.2) is 5.78 Å². The average Bonchev–Trinajstić information content (AvgIpc) is 2.65. The molecular weight excluding hydrogens is 336 g/mol. The maximum Gasteiger partial charge on any atom is 0.209 e. The van der Waals surface area contributed by atoms with Gasteiger partial charge in [-0.3, -0.25) is 9.59 Å². The van der Waals surface area contributed by atoms with Crippen molar-refractivity contribution in [3.8, 4) is 0 Å². The smallest absolute Gasteiger partial charge is 0.209 e. The van der Waals surface area contributed by atoms with Crippen molar-refractivity contribution >= 4 is 28.9 Å². The van der Waals surface area contributed by atoms with Crippen molar-refractivity contribution in [1.29, 1.82) is 0 Å². The Labute approximate surface area is 151 Å². The van der Waals surface area contributed by atoms with Crippen molar-refractivity contribution in [2.45, 2.75) is 0 Å². The van der Waals surface area contributed by atoms with Gasteiger partial charge in [0, 0.05) is 43.4 Å². The minimum atomic E-state index is -0.0984. The molecule has 4 nitrogen and oxygen atoms in total. The molecule has 0 radical (unpaired) electrons. The van der Waals surface area contributed by atoms with E-state index in [4.69, 9.17) is 11.6 Å². The van der Waals surface area contributed by atoms with Crippen molar-refractivity contribution in [3.63, 3.8) is 0 Å². The average molecular weight is 353 g/mol. The van der Waals surface area contributed by atoms with Crippen LogP contribution in [0.4, 0.5) is 5.69 Å². The lowest BCUT2D eigenvalue weighted by atomic mass is 9.92. The van der Waals surface area contributed by atoms with Gasteiger partial charge in [0.2, 0.25) is 5.78 Å². The zero-order valence-corrected chi connectivity index (χ0v) is 14.4. The molecular formula is C20H17ClN2O2. The third kappa shape index (κ3) is 2.83. The van der Waals surface area contributed by atoms with Gasteiger partial charge < -0.3 is 9.80 Å². The summed E-state index contributed by atoms with van der Waals surface area (Å²) in [6.07, 6.45) is 1.48. The second-order valence-electron chi connectivity index (χ2n) is 6.19. The number of allylic oxidation sites excluding steroid dienone is 2. The largest absolute Gasteiger partial charge is 0.367 e. The van der Waals surface area contributed by atoms with Crippen LogP contribution in [0.3, 0.4) is 0 Å². The van der Waals surface area contributed by atoms with Crippen LogP contribution in [0, 0.1) is 0 Å². The second-order valence-corrected chi connectivity index (χ2v) is 6.60. The quantitative estimate of drug-likeness (QED) is 0.830. The summed E-state index contributed by atoms with van der Waals surface area (Å²) in [5, 5.41) is 0.730. The number of piperazine rings is 1. The molecule has 1 aliphatic heterocycles. The molecule has 0 bridgehead atoms. The summed E-state index contributed by atoms with van der Waals surface area (Å²) >= 11 is 6.28. The van der Waals surface area contributed by atoms with E-state index in [2.05, 4.69) is 4.90 Å². The highest BCUT2D eigenvalue weighted by Gasteiger charge is 2.30. The number of benzene rings is 2. The van der Waals surface area contributed by atoms with Gasteiger partial charge in [0.1, 0.15) is 0 Å². The second kappa shape index (κ2) is 6.37. The van der Waals surface area contributed by atoms with Gasteiger partial charge in [0.25, 0.3) is 0 Å². The van der Waals surface area contributed by atoms with Gasteiger partial charge in [-0.15, -0.1) is 0 Å². The SMILES string of the molecule is O=C1C=C(N2CCN(c3ccccc3Cl)CC2)C(=O)c2ccccc21. The van der Waals surface area contributed by atoms with Crippen molar-refractivity contribution in [2.24, 2.45) is 0 Å². The van der Waals surface area contributed by atoms with Crippen LogP contribution >= 0.6 is 11.6 Å². The Bertz CT molecular complexity index is 883. The van der Waals surface area contributed by atoms with Gasteiger partial charge >= 0.3 is 0 Å². The predicted octanol–water partition coefficient (Wildman–Crippen LogP) is 3.43. The van der Waals surface area contributed by atoms with E-state index < -0.39 is 0 Å². The molecule has 0 saturated carbocycles. The highest BCUT2D eigenvalue weighted by molar-refractivity contribution is 6.33. The Balaban J connectivity index is 1.53. The fourth-order valence-electron chi connectivity index (χ4n) is 3.43. The molecule has 126 valence electrons. The number of carbonyl (C=O) groups is 2. The topological polar surface area (TPSA) is 40.6 Å². The first-order chi connectivity index (χ1) is 12.1. The van der Waals surface area contributed by atoms with Crippen LogP contribution in [-0.2, 0) is 0 Å². The Kier molecular flexibility index (Phi) is 4.06. The van der Waals surface area contributed by atoms with Crippen molar-refractivity contribution < 1.29 is 9.59 Å². The number of hydrogen-bond donors (Lipinski definition) is 0. The molecule has 25 heavy (non-hydrogen) atoms. The van der Waals surface area contributed by atoms with Gasteiger partial charge in [-0.2, -0.15) is 0 Å². The normalized spacial score (nSPS) is 17.4. The Morgan fingerprint density at radius 3 is 2.08 bits per heavy atom. The number of hydrogen-bond acceptors (Lipinski definition) is 4. The first kappa shape index (κ1) is 15.9. The van der Waals surface area contributed by atoms with E-state index >= 15 is 0 Å². The highest BCUT2D eigenvalue weighted by Crippen LogP contribution is 2.28. The maximum atomic E-state index is 12.8. The number of fused-ring (bicyclic) bond motifs is 1. The summed E-state index contributed by atoms with van der Waals surface area (Å²) in [5.74, 6) is -0.167. The molecule has 4 rings (SSSR count). The van der Waals surface area contributed by atoms with E-state index in [1.807, 2.05) is 29.2 Å². The standard InChI is InChI=1S/C20H17ClN2O2/c21-16-7-3-4-8-17(16)22-9-11-23(12-10-22)18-13-19(24)14-5-1-2-6-15(14)20(18)25/h1-8,13H,9-12H2.